The van der Waals surface area contributed by atoms with Crippen LogP contribution in [0.5, 0.6) is 11.5 Å². The number of rotatable bonds is 8. The van der Waals surface area contributed by atoms with Crippen LogP contribution in [0.25, 0.3) is 0 Å². The summed E-state index contributed by atoms with van der Waals surface area (Å²) in [7, 11) is 0. The molecule has 1 aliphatic rings. The zero-order valence-electron chi connectivity index (χ0n) is 19.0. The van der Waals surface area contributed by atoms with Gasteiger partial charge in [-0.2, -0.15) is 5.26 Å². The van der Waals surface area contributed by atoms with E-state index in [0.29, 0.717) is 28.7 Å². The SMILES string of the molecule is CCOC(=O)C1=C(C)OC(N)=C(C#N)C1c1cc(Cl)c(OCc2ccc(Cl)cc2)c(OCC)c1. The number of carbonyl (C=O) groups is 1. The first kappa shape index (κ1) is 25.3. The first-order valence-electron chi connectivity index (χ1n) is 10.6. The van der Waals surface area contributed by atoms with Gasteiger partial charge in [0.25, 0.3) is 0 Å². The first-order chi connectivity index (χ1) is 16.3. The van der Waals surface area contributed by atoms with E-state index in [9.17, 15) is 10.1 Å². The van der Waals surface area contributed by atoms with Gasteiger partial charge in [-0.1, -0.05) is 35.3 Å². The Morgan fingerprint density at radius 2 is 1.85 bits per heavy atom. The van der Waals surface area contributed by atoms with Crippen LogP contribution in [0.3, 0.4) is 0 Å². The molecule has 7 nitrogen and oxygen atoms in total. The molecule has 1 unspecified atom stereocenters. The zero-order chi connectivity index (χ0) is 24.8. The van der Waals surface area contributed by atoms with Gasteiger partial charge >= 0.3 is 5.97 Å². The molecule has 1 aliphatic heterocycles. The molecule has 2 aromatic carbocycles. The van der Waals surface area contributed by atoms with Crippen LogP contribution in [-0.2, 0) is 20.9 Å². The van der Waals surface area contributed by atoms with Gasteiger partial charge in [0, 0.05) is 5.02 Å². The van der Waals surface area contributed by atoms with Crippen LogP contribution in [0.2, 0.25) is 10.0 Å². The van der Waals surface area contributed by atoms with E-state index in [4.69, 9.17) is 47.9 Å². The van der Waals surface area contributed by atoms with E-state index in [-0.39, 0.29) is 41.0 Å². The van der Waals surface area contributed by atoms with Crippen molar-refractivity contribution >= 4 is 29.2 Å². The summed E-state index contributed by atoms with van der Waals surface area (Å²) in [4.78, 5) is 12.8. The van der Waals surface area contributed by atoms with Gasteiger partial charge in [0.05, 0.1) is 29.7 Å². The fourth-order valence-electron chi connectivity index (χ4n) is 3.58. The van der Waals surface area contributed by atoms with Crippen molar-refractivity contribution in [1.29, 1.82) is 5.26 Å². The molecule has 1 atom stereocenters. The summed E-state index contributed by atoms with van der Waals surface area (Å²) in [6, 6.07) is 12.6. The Labute approximate surface area is 208 Å². The van der Waals surface area contributed by atoms with Crippen molar-refractivity contribution < 1.29 is 23.7 Å². The molecule has 2 aromatic rings. The minimum atomic E-state index is -0.847. The Hall–Kier alpha value is -3.34. The lowest BCUT2D eigenvalue weighted by Gasteiger charge is -2.27. The highest BCUT2D eigenvalue weighted by Gasteiger charge is 2.37. The van der Waals surface area contributed by atoms with Crippen LogP contribution in [0.4, 0.5) is 0 Å². The quantitative estimate of drug-likeness (QED) is 0.467. The second kappa shape index (κ2) is 11.2. The number of hydrogen-bond acceptors (Lipinski definition) is 7. The summed E-state index contributed by atoms with van der Waals surface area (Å²) in [5.74, 6) is -0.597. The van der Waals surface area contributed by atoms with E-state index in [1.165, 1.54) is 0 Å². The van der Waals surface area contributed by atoms with Crippen LogP contribution in [0.1, 0.15) is 37.8 Å². The lowest BCUT2D eigenvalue weighted by molar-refractivity contribution is -0.139. The van der Waals surface area contributed by atoms with Gasteiger partial charge in [-0.15, -0.1) is 0 Å². The first-order valence-corrected chi connectivity index (χ1v) is 11.3. The fraction of sp³-hybridized carbons (Fsp3) is 0.280. The highest BCUT2D eigenvalue weighted by Crippen LogP contribution is 2.45. The highest BCUT2D eigenvalue weighted by molar-refractivity contribution is 6.32. The van der Waals surface area contributed by atoms with Gasteiger partial charge in [-0.3, -0.25) is 0 Å². The molecule has 0 radical (unpaired) electrons. The Kier molecular flexibility index (Phi) is 8.32. The molecule has 178 valence electrons. The summed E-state index contributed by atoms with van der Waals surface area (Å²) < 4.78 is 22.4. The normalized spacial score (nSPS) is 15.5. The van der Waals surface area contributed by atoms with Crippen LogP contribution in [0.15, 0.2) is 59.2 Å². The van der Waals surface area contributed by atoms with Crippen LogP contribution >= 0.6 is 23.2 Å². The van der Waals surface area contributed by atoms with E-state index < -0.39 is 11.9 Å². The molecule has 0 saturated carbocycles. The molecule has 9 heteroatoms. The summed E-state index contributed by atoms with van der Waals surface area (Å²) >= 11 is 12.6. The largest absolute Gasteiger partial charge is 0.490 e. The molecule has 0 saturated heterocycles. The van der Waals surface area contributed by atoms with E-state index in [0.717, 1.165) is 5.56 Å². The molecule has 2 N–H and O–H groups in total. The Balaban J connectivity index is 2.06. The van der Waals surface area contributed by atoms with Crippen molar-refractivity contribution in [3.8, 4) is 17.6 Å². The van der Waals surface area contributed by atoms with Crippen molar-refractivity contribution in [2.24, 2.45) is 5.73 Å². The van der Waals surface area contributed by atoms with Gasteiger partial charge < -0.3 is 24.7 Å². The van der Waals surface area contributed by atoms with Crippen molar-refractivity contribution in [2.45, 2.75) is 33.3 Å². The van der Waals surface area contributed by atoms with Gasteiger partial charge in [0.2, 0.25) is 5.88 Å². The average molecular weight is 503 g/mol. The number of nitrogens with zero attached hydrogens (tertiary/aromatic N) is 1. The number of halogens is 2. The maximum absolute atomic E-state index is 12.8. The Morgan fingerprint density at radius 1 is 1.15 bits per heavy atom. The van der Waals surface area contributed by atoms with Gasteiger partial charge in [-0.05, 0) is 56.2 Å². The van der Waals surface area contributed by atoms with E-state index in [2.05, 4.69) is 0 Å². The standard InChI is InChI=1S/C25H24Cl2N2O5/c1-4-31-20-11-16(10-19(27)23(20)33-13-15-6-8-17(26)9-7-15)22-18(12-28)24(29)34-14(3)21(22)25(30)32-5-2/h6-11,22H,4-5,13,29H2,1-3H3. The van der Waals surface area contributed by atoms with E-state index in [1.807, 2.05) is 25.1 Å². The predicted molar refractivity (Wildman–Crippen MR) is 128 cm³/mol. The lowest BCUT2D eigenvalue weighted by Crippen LogP contribution is -2.25. The third-order valence-corrected chi connectivity index (χ3v) is 5.60. The number of benzene rings is 2. The monoisotopic (exact) mass is 502 g/mol. The molecular formula is C25H24Cl2N2O5. The number of nitrogens with two attached hydrogens (primary N) is 1. The summed E-state index contributed by atoms with van der Waals surface area (Å²) in [5.41, 5.74) is 7.62. The Morgan fingerprint density at radius 3 is 2.47 bits per heavy atom. The molecule has 0 bridgehead atoms. The molecule has 0 aliphatic carbocycles. The number of esters is 1. The minimum absolute atomic E-state index is 0.0713. The number of ether oxygens (including phenoxy) is 4. The van der Waals surface area contributed by atoms with Crippen LogP contribution in [0, 0.1) is 11.3 Å². The van der Waals surface area contributed by atoms with E-state index in [1.54, 1.807) is 38.1 Å². The summed E-state index contributed by atoms with van der Waals surface area (Å²) in [5, 5.41) is 10.7. The molecule has 0 spiro atoms. The lowest BCUT2D eigenvalue weighted by atomic mass is 9.83. The predicted octanol–water partition coefficient (Wildman–Crippen LogP) is 5.62. The number of allylic oxidation sites excluding steroid dienone is 2. The molecule has 34 heavy (non-hydrogen) atoms. The molecule has 3 rings (SSSR count). The van der Waals surface area contributed by atoms with Crippen molar-refractivity contribution in [1.82, 2.24) is 0 Å². The zero-order valence-corrected chi connectivity index (χ0v) is 20.5. The van der Waals surface area contributed by atoms with Gasteiger partial charge in [0.1, 0.15) is 24.0 Å². The topological polar surface area (TPSA) is 104 Å². The summed E-state index contributed by atoms with van der Waals surface area (Å²) in [6.45, 7) is 5.84. The van der Waals surface area contributed by atoms with Crippen molar-refractivity contribution in [2.75, 3.05) is 13.2 Å². The fourth-order valence-corrected chi connectivity index (χ4v) is 3.98. The van der Waals surface area contributed by atoms with Gasteiger partial charge in [0.15, 0.2) is 11.5 Å². The third kappa shape index (κ3) is 5.41. The number of carbonyl (C=O) groups excluding carboxylic acids is 1. The maximum atomic E-state index is 12.8. The minimum Gasteiger partial charge on any atom is -0.490 e. The van der Waals surface area contributed by atoms with Gasteiger partial charge in [-0.25, -0.2) is 4.79 Å². The summed E-state index contributed by atoms with van der Waals surface area (Å²) in [6.07, 6.45) is 0. The second-order valence-electron chi connectivity index (χ2n) is 7.29. The third-order valence-electron chi connectivity index (χ3n) is 5.06. The second-order valence-corrected chi connectivity index (χ2v) is 8.14. The number of hydrogen-bond donors (Lipinski definition) is 1. The Bertz CT molecular complexity index is 1180. The van der Waals surface area contributed by atoms with Crippen molar-refractivity contribution in [3.63, 3.8) is 0 Å². The highest BCUT2D eigenvalue weighted by atomic mass is 35.5. The van der Waals surface area contributed by atoms with Crippen LogP contribution < -0.4 is 15.2 Å². The smallest absolute Gasteiger partial charge is 0.338 e. The van der Waals surface area contributed by atoms with Crippen molar-refractivity contribution in [3.05, 3.63) is 80.4 Å². The molecule has 1 heterocycles. The average Bonchev–Trinajstić information content (AvgIpc) is 2.79. The van der Waals surface area contributed by atoms with Crippen LogP contribution in [-0.4, -0.2) is 19.2 Å². The van der Waals surface area contributed by atoms with E-state index >= 15 is 0 Å². The molecule has 0 amide bonds. The molecular weight excluding hydrogens is 479 g/mol. The molecule has 0 fully saturated rings. The molecule has 0 aromatic heterocycles. The number of nitriles is 1. The maximum Gasteiger partial charge on any atom is 0.338 e.